The van der Waals surface area contributed by atoms with Crippen molar-refractivity contribution in [3.05, 3.63) is 45.6 Å². The van der Waals surface area contributed by atoms with E-state index in [0.29, 0.717) is 41.3 Å². The van der Waals surface area contributed by atoms with Crippen molar-refractivity contribution in [1.29, 1.82) is 0 Å². The van der Waals surface area contributed by atoms with Crippen molar-refractivity contribution in [3.8, 4) is 5.75 Å². The Kier molecular flexibility index (Phi) is 6.40. The lowest BCUT2D eigenvalue weighted by Gasteiger charge is -2.13. The van der Waals surface area contributed by atoms with Gasteiger partial charge in [0, 0.05) is 12.0 Å². The molecule has 0 aliphatic rings. The lowest BCUT2D eigenvalue weighted by Crippen LogP contribution is -2.05. The highest BCUT2D eigenvalue weighted by Crippen LogP contribution is 2.32. The van der Waals surface area contributed by atoms with Gasteiger partial charge in [0.05, 0.1) is 11.6 Å². The first-order chi connectivity index (χ1) is 11.4. The van der Waals surface area contributed by atoms with Gasteiger partial charge in [-0.1, -0.05) is 11.6 Å². The number of Topliss-reactive ketones (excluding diaryl/α,β-unsaturated/α-hetero) is 2. The summed E-state index contributed by atoms with van der Waals surface area (Å²) < 4.78 is 10.3. The smallest absolute Gasteiger partial charge is 0.292 e. The number of hydrogen-bond acceptors (Lipinski definition) is 5. The topological polar surface area (TPSA) is 69.4 Å². The van der Waals surface area contributed by atoms with Gasteiger partial charge < -0.3 is 9.15 Å². The van der Waals surface area contributed by atoms with E-state index in [1.807, 2.05) is 6.92 Å². The van der Waals surface area contributed by atoms with Crippen LogP contribution < -0.4 is 4.74 Å². The van der Waals surface area contributed by atoms with Gasteiger partial charge >= 0.3 is 0 Å². The first kappa shape index (κ1) is 18.5. The molecule has 0 radical (unpaired) electrons. The van der Waals surface area contributed by atoms with Gasteiger partial charge in [-0.2, -0.15) is 4.98 Å². The lowest BCUT2D eigenvalue weighted by atomic mass is 9.98. The van der Waals surface area contributed by atoms with Crippen molar-refractivity contribution >= 4 is 34.8 Å². The molecule has 24 heavy (non-hydrogen) atoms. The van der Waals surface area contributed by atoms with Crippen LogP contribution >= 0.6 is 23.2 Å². The SMILES string of the molecule is CCOc1ccc(C(C)=O)c(CCCC(=O)c2coc(Cl)n2)c1Cl. The van der Waals surface area contributed by atoms with Crippen molar-refractivity contribution < 1.29 is 18.7 Å². The molecule has 0 saturated heterocycles. The van der Waals surface area contributed by atoms with Crippen LogP contribution in [0.3, 0.4) is 0 Å². The second kappa shape index (κ2) is 8.31. The third kappa shape index (κ3) is 4.36. The monoisotopic (exact) mass is 369 g/mol. The summed E-state index contributed by atoms with van der Waals surface area (Å²) in [7, 11) is 0. The Labute approximate surface area is 149 Å². The number of oxazole rings is 1. The number of rotatable bonds is 8. The fourth-order valence-electron chi connectivity index (χ4n) is 2.37. The number of aromatic nitrogens is 1. The molecule has 1 aromatic carbocycles. The van der Waals surface area contributed by atoms with E-state index in [2.05, 4.69) is 4.98 Å². The van der Waals surface area contributed by atoms with Crippen molar-refractivity contribution in [2.24, 2.45) is 0 Å². The zero-order chi connectivity index (χ0) is 17.7. The molecule has 2 rings (SSSR count). The van der Waals surface area contributed by atoms with Crippen molar-refractivity contribution in [1.82, 2.24) is 4.98 Å². The molecule has 2 aromatic rings. The molecule has 1 heterocycles. The van der Waals surface area contributed by atoms with Gasteiger partial charge in [0.2, 0.25) is 0 Å². The minimum Gasteiger partial charge on any atom is -0.492 e. The van der Waals surface area contributed by atoms with Crippen LogP contribution in [0, 0.1) is 0 Å². The summed E-state index contributed by atoms with van der Waals surface area (Å²) in [4.78, 5) is 27.6. The number of halogens is 2. The van der Waals surface area contributed by atoms with E-state index in [9.17, 15) is 9.59 Å². The summed E-state index contributed by atoms with van der Waals surface area (Å²) in [5.74, 6) is 0.283. The van der Waals surface area contributed by atoms with Gasteiger partial charge in [-0.3, -0.25) is 9.59 Å². The number of carbonyl (C=O) groups excluding carboxylic acids is 2. The number of nitrogens with zero attached hydrogens (tertiary/aromatic N) is 1. The van der Waals surface area contributed by atoms with Crippen LogP contribution in [0.2, 0.25) is 10.4 Å². The molecule has 1 aromatic heterocycles. The molecular formula is C17H17Cl2NO4. The number of benzene rings is 1. The highest BCUT2D eigenvalue weighted by atomic mass is 35.5. The van der Waals surface area contributed by atoms with E-state index >= 15 is 0 Å². The molecular weight excluding hydrogens is 353 g/mol. The Bertz CT molecular complexity index is 755. The predicted octanol–water partition coefficient (Wildman–Crippen LogP) is 4.79. The molecule has 0 bridgehead atoms. The predicted molar refractivity (Wildman–Crippen MR) is 91.4 cm³/mol. The van der Waals surface area contributed by atoms with E-state index in [-0.39, 0.29) is 29.0 Å². The summed E-state index contributed by atoms with van der Waals surface area (Å²) >= 11 is 11.9. The van der Waals surface area contributed by atoms with Crippen LogP contribution in [0.1, 0.15) is 53.1 Å². The summed E-state index contributed by atoms with van der Waals surface area (Å²) in [6.07, 6.45) is 2.47. The molecule has 0 atom stereocenters. The molecule has 0 N–H and O–H groups in total. The normalized spacial score (nSPS) is 10.7. The quantitative estimate of drug-likeness (QED) is 0.625. The van der Waals surface area contributed by atoms with E-state index in [4.69, 9.17) is 32.4 Å². The van der Waals surface area contributed by atoms with Crippen LogP contribution in [0.5, 0.6) is 5.75 Å². The summed E-state index contributed by atoms with van der Waals surface area (Å²) in [6.45, 7) is 3.82. The molecule has 7 heteroatoms. The number of carbonyl (C=O) groups is 2. The van der Waals surface area contributed by atoms with E-state index in [1.165, 1.54) is 13.2 Å². The number of ether oxygens (including phenoxy) is 1. The fraction of sp³-hybridized carbons (Fsp3) is 0.353. The van der Waals surface area contributed by atoms with Crippen LogP contribution in [0.15, 0.2) is 22.8 Å². The third-order valence-corrected chi connectivity index (χ3v) is 4.07. The number of ketones is 2. The molecule has 0 aliphatic heterocycles. The summed E-state index contributed by atoms with van der Waals surface area (Å²) in [5, 5.41) is 0.353. The van der Waals surface area contributed by atoms with Gasteiger partial charge in [0.1, 0.15) is 17.7 Å². The molecule has 0 unspecified atom stereocenters. The van der Waals surface area contributed by atoms with Crippen molar-refractivity contribution in [2.45, 2.75) is 33.1 Å². The maximum atomic E-state index is 12.0. The second-order valence-electron chi connectivity index (χ2n) is 5.16. The molecule has 0 amide bonds. The molecule has 5 nitrogen and oxygen atoms in total. The Balaban J connectivity index is 2.11. The van der Waals surface area contributed by atoms with E-state index in [1.54, 1.807) is 12.1 Å². The molecule has 128 valence electrons. The average molecular weight is 370 g/mol. The maximum Gasteiger partial charge on any atom is 0.292 e. The lowest BCUT2D eigenvalue weighted by molar-refractivity contribution is 0.0974. The highest BCUT2D eigenvalue weighted by molar-refractivity contribution is 6.33. The van der Waals surface area contributed by atoms with Gasteiger partial charge in [-0.25, -0.2) is 0 Å². The standard InChI is InChI=1S/C17H17Cl2NO4/c1-3-23-15-8-7-11(10(2)21)12(16(15)18)5-4-6-14(22)13-9-24-17(19)20-13/h7-9H,3-6H2,1-2H3. The van der Waals surface area contributed by atoms with Crippen LogP contribution in [0.25, 0.3) is 0 Å². The summed E-state index contributed by atoms with van der Waals surface area (Å²) in [6, 6.07) is 3.39. The van der Waals surface area contributed by atoms with Crippen LogP contribution in [0.4, 0.5) is 0 Å². The first-order valence-corrected chi connectivity index (χ1v) is 8.29. The molecule has 0 aliphatic carbocycles. The van der Waals surface area contributed by atoms with Gasteiger partial charge in [0.25, 0.3) is 5.35 Å². The Morgan fingerprint density at radius 2 is 2.04 bits per heavy atom. The average Bonchev–Trinajstić information content (AvgIpc) is 2.97. The maximum absolute atomic E-state index is 12.0. The Hall–Kier alpha value is -1.85. The third-order valence-electron chi connectivity index (χ3n) is 3.48. The minimum atomic E-state index is -0.174. The van der Waals surface area contributed by atoms with E-state index in [0.717, 1.165) is 0 Å². The second-order valence-corrected chi connectivity index (χ2v) is 5.86. The van der Waals surface area contributed by atoms with Crippen LogP contribution in [-0.4, -0.2) is 23.2 Å². The largest absolute Gasteiger partial charge is 0.492 e. The van der Waals surface area contributed by atoms with Crippen molar-refractivity contribution in [3.63, 3.8) is 0 Å². The fourth-order valence-corrected chi connectivity index (χ4v) is 2.82. The van der Waals surface area contributed by atoms with Gasteiger partial charge in [-0.05, 0) is 56.0 Å². The number of hydrogen-bond donors (Lipinski definition) is 0. The Morgan fingerprint density at radius 1 is 1.29 bits per heavy atom. The summed E-state index contributed by atoms with van der Waals surface area (Å²) in [5.41, 5.74) is 1.43. The van der Waals surface area contributed by atoms with Crippen molar-refractivity contribution in [2.75, 3.05) is 6.61 Å². The minimum absolute atomic E-state index is 0.0651. The molecule has 0 saturated carbocycles. The zero-order valence-corrected chi connectivity index (χ0v) is 14.9. The highest BCUT2D eigenvalue weighted by Gasteiger charge is 2.17. The first-order valence-electron chi connectivity index (χ1n) is 7.53. The van der Waals surface area contributed by atoms with Gasteiger partial charge in [-0.15, -0.1) is 0 Å². The Morgan fingerprint density at radius 3 is 2.62 bits per heavy atom. The van der Waals surface area contributed by atoms with Crippen LogP contribution in [-0.2, 0) is 6.42 Å². The van der Waals surface area contributed by atoms with Gasteiger partial charge in [0.15, 0.2) is 11.6 Å². The van der Waals surface area contributed by atoms with E-state index < -0.39 is 0 Å². The molecule has 0 spiro atoms. The molecule has 0 fully saturated rings. The zero-order valence-electron chi connectivity index (χ0n) is 13.4.